The van der Waals surface area contributed by atoms with Crippen molar-refractivity contribution in [2.45, 2.75) is 50.7 Å². The summed E-state index contributed by atoms with van der Waals surface area (Å²) in [6.07, 6.45) is 5.79. The Morgan fingerprint density at radius 1 is 0.964 bits per heavy atom. The van der Waals surface area contributed by atoms with Crippen LogP contribution >= 0.6 is 0 Å². The molecule has 6 nitrogen and oxygen atoms in total. The zero-order chi connectivity index (χ0) is 18.9. The number of nitrogens with zero attached hydrogens (tertiary/aromatic N) is 5. The highest BCUT2D eigenvalue weighted by atomic mass is 16.3. The minimum Gasteiger partial charge on any atom is -0.508 e. The van der Waals surface area contributed by atoms with Crippen molar-refractivity contribution in [3.63, 3.8) is 0 Å². The van der Waals surface area contributed by atoms with Gasteiger partial charge in [0.25, 0.3) is 0 Å². The number of hydrogen-bond acceptors (Lipinski definition) is 5. The molecule has 0 saturated heterocycles. The Hall–Kier alpha value is -2.73. The molecule has 1 N–H and O–H groups in total. The van der Waals surface area contributed by atoms with E-state index < -0.39 is 0 Å². The van der Waals surface area contributed by atoms with E-state index in [0.717, 1.165) is 43.7 Å². The van der Waals surface area contributed by atoms with E-state index in [-0.39, 0.29) is 11.8 Å². The van der Waals surface area contributed by atoms with Crippen LogP contribution < -0.4 is 0 Å². The van der Waals surface area contributed by atoms with Gasteiger partial charge in [-0.25, -0.2) is 4.68 Å². The van der Waals surface area contributed by atoms with Crippen LogP contribution in [0.3, 0.4) is 0 Å². The van der Waals surface area contributed by atoms with Crippen molar-refractivity contribution in [2.24, 2.45) is 0 Å². The van der Waals surface area contributed by atoms with Crippen molar-refractivity contribution in [2.75, 3.05) is 6.54 Å². The summed E-state index contributed by atoms with van der Waals surface area (Å²) in [7, 11) is 0. The Bertz CT molecular complexity index is 946. The van der Waals surface area contributed by atoms with Crippen LogP contribution in [0.2, 0.25) is 0 Å². The lowest BCUT2D eigenvalue weighted by Gasteiger charge is -2.35. The summed E-state index contributed by atoms with van der Waals surface area (Å²) in [5.74, 6) is 1.19. The third-order valence-corrected chi connectivity index (χ3v) is 6.17. The van der Waals surface area contributed by atoms with E-state index >= 15 is 0 Å². The van der Waals surface area contributed by atoms with Gasteiger partial charge in [0.1, 0.15) is 5.75 Å². The van der Waals surface area contributed by atoms with Crippen LogP contribution in [0.5, 0.6) is 5.75 Å². The molecule has 6 heteroatoms. The lowest BCUT2D eigenvalue weighted by Crippen LogP contribution is -2.36. The number of phenols is 1. The van der Waals surface area contributed by atoms with Crippen LogP contribution in [-0.2, 0) is 13.0 Å². The third-order valence-electron chi connectivity index (χ3n) is 6.17. The molecule has 1 aliphatic heterocycles. The van der Waals surface area contributed by atoms with Gasteiger partial charge in [-0.3, -0.25) is 4.90 Å². The Labute approximate surface area is 164 Å². The zero-order valence-electron chi connectivity index (χ0n) is 15.9. The van der Waals surface area contributed by atoms with Crippen LogP contribution in [-0.4, -0.2) is 36.8 Å². The smallest absolute Gasteiger partial charge is 0.173 e. The molecule has 2 heterocycles. The number of hydrogen-bond donors (Lipinski definition) is 1. The maximum absolute atomic E-state index is 9.78. The van der Waals surface area contributed by atoms with Gasteiger partial charge in [-0.1, -0.05) is 49.2 Å². The first kappa shape index (κ1) is 17.4. The monoisotopic (exact) mass is 375 g/mol. The molecule has 28 heavy (non-hydrogen) atoms. The molecule has 2 aromatic carbocycles. The van der Waals surface area contributed by atoms with E-state index in [4.69, 9.17) is 0 Å². The molecule has 1 aromatic heterocycles. The lowest BCUT2D eigenvalue weighted by atomic mass is 9.96. The van der Waals surface area contributed by atoms with Crippen molar-refractivity contribution in [3.05, 3.63) is 71.0 Å². The molecule has 1 saturated carbocycles. The Kier molecular flexibility index (Phi) is 4.56. The second-order valence-electron chi connectivity index (χ2n) is 7.90. The second-order valence-corrected chi connectivity index (χ2v) is 7.90. The predicted molar refractivity (Wildman–Crippen MR) is 106 cm³/mol. The van der Waals surface area contributed by atoms with Crippen molar-refractivity contribution in [3.8, 4) is 5.75 Å². The largest absolute Gasteiger partial charge is 0.508 e. The van der Waals surface area contributed by atoms with E-state index in [9.17, 15) is 5.11 Å². The first-order valence-electron chi connectivity index (χ1n) is 10.2. The molecule has 0 unspecified atom stereocenters. The van der Waals surface area contributed by atoms with E-state index in [1.165, 1.54) is 24.0 Å². The molecule has 0 bridgehead atoms. The Balaban J connectivity index is 1.55. The summed E-state index contributed by atoms with van der Waals surface area (Å²) >= 11 is 0. The first-order valence-corrected chi connectivity index (χ1v) is 10.2. The van der Waals surface area contributed by atoms with E-state index in [2.05, 4.69) is 49.4 Å². The molecular weight excluding hydrogens is 350 g/mol. The Morgan fingerprint density at radius 2 is 1.71 bits per heavy atom. The highest BCUT2D eigenvalue weighted by molar-refractivity contribution is 5.34. The van der Waals surface area contributed by atoms with Crippen LogP contribution in [0.15, 0.2) is 48.5 Å². The molecule has 5 rings (SSSR count). The molecule has 1 aliphatic carbocycles. The average Bonchev–Trinajstić information content (AvgIpc) is 3.41. The van der Waals surface area contributed by atoms with E-state index in [0.29, 0.717) is 6.04 Å². The Morgan fingerprint density at radius 3 is 2.50 bits per heavy atom. The number of aromatic nitrogens is 4. The predicted octanol–water partition coefficient (Wildman–Crippen LogP) is 3.64. The van der Waals surface area contributed by atoms with Crippen LogP contribution in [0.25, 0.3) is 0 Å². The topological polar surface area (TPSA) is 67.1 Å². The molecule has 0 spiro atoms. The van der Waals surface area contributed by atoms with Gasteiger partial charge in [-0.2, -0.15) is 0 Å². The molecule has 3 aromatic rings. The maximum atomic E-state index is 9.78. The van der Waals surface area contributed by atoms with Crippen molar-refractivity contribution >= 4 is 0 Å². The van der Waals surface area contributed by atoms with Gasteiger partial charge in [0.15, 0.2) is 5.82 Å². The molecular formula is C22H25N5O. The van der Waals surface area contributed by atoms with Gasteiger partial charge >= 0.3 is 0 Å². The summed E-state index contributed by atoms with van der Waals surface area (Å²) in [4.78, 5) is 2.46. The van der Waals surface area contributed by atoms with E-state index in [1.807, 2.05) is 12.1 Å². The number of tetrazole rings is 1. The molecule has 2 aliphatic rings. The van der Waals surface area contributed by atoms with Crippen molar-refractivity contribution < 1.29 is 5.11 Å². The zero-order valence-corrected chi connectivity index (χ0v) is 15.9. The van der Waals surface area contributed by atoms with Gasteiger partial charge in [0, 0.05) is 13.1 Å². The quantitative estimate of drug-likeness (QED) is 0.754. The fourth-order valence-corrected chi connectivity index (χ4v) is 4.71. The van der Waals surface area contributed by atoms with Crippen molar-refractivity contribution in [1.29, 1.82) is 0 Å². The van der Waals surface area contributed by atoms with Crippen LogP contribution in [0, 0.1) is 0 Å². The highest BCUT2D eigenvalue weighted by Gasteiger charge is 2.32. The lowest BCUT2D eigenvalue weighted by molar-refractivity contribution is 0.191. The fourth-order valence-electron chi connectivity index (χ4n) is 4.71. The SMILES string of the molecule is Oc1ccc([C@@H](c2nnnn2C2CCCC2)N2CCc3ccccc3C2)cc1. The van der Waals surface area contributed by atoms with Gasteiger partial charge in [0.2, 0.25) is 0 Å². The van der Waals surface area contributed by atoms with Gasteiger partial charge in [-0.15, -0.1) is 5.10 Å². The molecule has 1 fully saturated rings. The minimum atomic E-state index is -0.0236. The normalized spacial score (nSPS) is 18.9. The summed E-state index contributed by atoms with van der Waals surface area (Å²) in [5, 5.41) is 22.7. The molecule has 0 amide bonds. The van der Waals surface area contributed by atoms with Gasteiger partial charge < -0.3 is 5.11 Å². The highest BCUT2D eigenvalue weighted by Crippen LogP contribution is 2.36. The second kappa shape index (κ2) is 7.36. The number of aromatic hydroxyl groups is 1. The number of benzene rings is 2. The number of fused-ring (bicyclic) bond motifs is 1. The maximum Gasteiger partial charge on any atom is 0.173 e. The van der Waals surface area contributed by atoms with E-state index in [1.54, 1.807) is 12.1 Å². The molecule has 1 atom stereocenters. The summed E-state index contributed by atoms with van der Waals surface area (Å²) in [5.41, 5.74) is 3.92. The van der Waals surface area contributed by atoms with Crippen LogP contribution in [0.4, 0.5) is 0 Å². The number of phenolic OH excluding ortho intramolecular Hbond substituents is 1. The third kappa shape index (κ3) is 3.18. The number of rotatable bonds is 4. The van der Waals surface area contributed by atoms with Gasteiger partial charge in [0.05, 0.1) is 12.1 Å². The standard InChI is InChI=1S/C22H25N5O/c28-20-11-9-17(10-12-20)21(22-23-24-25-27(22)19-7-3-4-8-19)26-14-13-16-5-1-2-6-18(16)15-26/h1-2,5-6,9-12,19,21,28H,3-4,7-8,13-15H2/t21-/m0/s1. The van der Waals surface area contributed by atoms with Crippen molar-refractivity contribution in [1.82, 2.24) is 25.1 Å². The first-order chi connectivity index (χ1) is 13.8. The van der Waals surface area contributed by atoms with Gasteiger partial charge in [-0.05, 0) is 58.5 Å². The summed E-state index contributed by atoms with van der Waals surface area (Å²) in [6, 6.07) is 16.5. The fraction of sp³-hybridized carbons (Fsp3) is 0.409. The average molecular weight is 375 g/mol. The molecule has 144 valence electrons. The summed E-state index contributed by atoms with van der Waals surface area (Å²) in [6.45, 7) is 1.83. The van der Waals surface area contributed by atoms with Crippen LogP contribution in [0.1, 0.15) is 60.3 Å². The minimum absolute atomic E-state index is 0.0236. The summed E-state index contributed by atoms with van der Waals surface area (Å²) < 4.78 is 2.06. The molecule has 0 radical (unpaired) electrons.